The van der Waals surface area contributed by atoms with E-state index in [1.165, 1.54) is 5.56 Å². The van der Waals surface area contributed by atoms with Gasteiger partial charge in [-0.2, -0.15) is 0 Å². The van der Waals surface area contributed by atoms with E-state index in [2.05, 4.69) is 46.8 Å². The maximum Gasteiger partial charge on any atom is 0.0889 e. The first-order chi connectivity index (χ1) is 12.2. The van der Waals surface area contributed by atoms with Crippen LogP contribution < -0.4 is 0 Å². The summed E-state index contributed by atoms with van der Waals surface area (Å²) in [4.78, 5) is 17.1. The fourth-order valence-electron chi connectivity index (χ4n) is 2.48. The zero-order chi connectivity index (χ0) is 17.6. The van der Waals surface area contributed by atoms with E-state index in [1.807, 2.05) is 48.9 Å². The summed E-state index contributed by atoms with van der Waals surface area (Å²) in [5.74, 6) is 0.513. The minimum atomic E-state index is 0.513. The van der Waals surface area contributed by atoms with Crippen molar-refractivity contribution in [2.24, 2.45) is 0 Å². The third-order valence-electron chi connectivity index (χ3n) is 4.05. The summed E-state index contributed by atoms with van der Waals surface area (Å²) in [6.07, 6.45) is 8.37. The Morgan fingerprint density at radius 2 is 1.56 bits per heavy atom. The lowest BCUT2D eigenvalue weighted by Crippen LogP contribution is -1.90. The summed E-state index contributed by atoms with van der Waals surface area (Å²) >= 11 is 0. The Bertz CT molecular complexity index is 979. The van der Waals surface area contributed by atoms with E-state index < -0.39 is 0 Å². The number of nitrogens with zero attached hydrogens (tertiary/aromatic N) is 4. The van der Waals surface area contributed by atoms with Gasteiger partial charge in [-0.3, -0.25) is 19.9 Å². The summed E-state index contributed by atoms with van der Waals surface area (Å²) in [6.45, 7) is 6.41. The van der Waals surface area contributed by atoms with Gasteiger partial charge in [-0.1, -0.05) is 20.8 Å². The number of hydrogen-bond acceptors (Lipinski definition) is 4. The lowest BCUT2D eigenvalue weighted by molar-refractivity contribution is 0.861. The molecule has 0 amide bonds. The van der Waals surface area contributed by atoms with Gasteiger partial charge in [0.2, 0.25) is 0 Å². The summed E-state index contributed by atoms with van der Waals surface area (Å²) < 4.78 is 0. The van der Waals surface area contributed by atoms with Crippen LogP contribution in [0.2, 0.25) is 0 Å². The number of pyridine rings is 4. The van der Waals surface area contributed by atoms with Crippen molar-refractivity contribution in [3.05, 3.63) is 72.4 Å². The first-order valence-corrected chi connectivity index (χ1v) is 8.57. The van der Waals surface area contributed by atoms with Crippen LogP contribution in [0.4, 0.5) is 0 Å². The van der Waals surface area contributed by atoms with Gasteiger partial charge in [-0.05, 0) is 54.3 Å². The van der Waals surface area contributed by atoms with Gasteiger partial charge in [-0.15, -0.1) is 0 Å². The number of rotatable bonds is 2. The maximum absolute atomic E-state index is 4.34. The molecule has 4 nitrogen and oxygen atoms in total. The Balaban J connectivity index is 0.000000146. The van der Waals surface area contributed by atoms with Gasteiger partial charge in [-0.25, -0.2) is 0 Å². The molecule has 4 rings (SSSR count). The van der Waals surface area contributed by atoms with Gasteiger partial charge in [0.25, 0.3) is 0 Å². The molecule has 0 aliphatic carbocycles. The predicted octanol–water partition coefficient (Wildman–Crippen LogP) is 4.95. The molecule has 0 spiro atoms. The molecule has 0 radical (unpaired) electrons. The highest BCUT2D eigenvalue weighted by molar-refractivity contribution is 5.77. The van der Waals surface area contributed by atoms with E-state index in [9.17, 15) is 0 Å². The first-order valence-electron chi connectivity index (χ1n) is 8.57. The molecule has 0 aliphatic heterocycles. The van der Waals surface area contributed by atoms with Crippen molar-refractivity contribution in [1.82, 2.24) is 19.9 Å². The van der Waals surface area contributed by atoms with Crippen molar-refractivity contribution in [3.63, 3.8) is 0 Å². The van der Waals surface area contributed by atoms with E-state index in [0.717, 1.165) is 34.1 Å². The predicted molar refractivity (Wildman–Crippen MR) is 103 cm³/mol. The van der Waals surface area contributed by atoms with Gasteiger partial charge < -0.3 is 0 Å². The van der Waals surface area contributed by atoms with Crippen LogP contribution in [0.15, 0.2) is 61.2 Å². The van der Waals surface area contributed by atoms with Crippen LogP contribution in [0.25, 0.3) is 21.9 Å². The fourth-order valence-corrected chi connectivity index (χ4v) is 2.48. The number of aromatic nitrogens is 4. The molecule has 4 aromatic heterocycles. The molecule has 4 heterocycles. The van der Waals surface area contributed by atoms with Crippen LogP contribution in [-0.4, -0.2) is 19.9 Å². The first kappa shape index (κ1) is 17.0. The molecule has 25 heavy (non-hydrogen) atoms. The molecule has 4 aromatic rings. The summed E-state index contributed by atoms with van der Waals surface area (Å²) in [7, 11) is 0. The molecule has 0 saturated heterocycles. The van der Waals surface area contributed by atoms with Crippen LogP contribution in [0.3, 0.4) is 0 Å². The van der Waals surface area contributed by atoms with Crippen molar-refractivity contribution in [1.29, 1.82) is 0 Å². The van der Waals surface area contributed by atoms with Crippen LogP contribution in [0.5, 0.6) is 0 Å². The monoisotopic (exact) mass is 330 g/mol. The minimum Gasteiger partial charge on any atom is -0.261 e. The van der Waals surface area contributed by atoms with Crippen molar-refractivity contribution in [2.45, 2.75) is 33.1 Å². The third kappa shape index (κ3) is 4.15. The SMILES string of the molecule is CC(C)c1cnc2cccnc2c1.CCc1cc2ncccc2cn1. The maximum atomic E-state index is 4.34. The normalized spacial score (nSPS) is 10.7. The van der Waals surface area contributed by atoms with E-state index in [-0.39, 0.29) is 0 Å². The summed E-state index contributed by atoms with van der Waals surface area (Å²) in [5, 5.41) is 1.11. The Morgan fingerprint density at radius 3 is 2.32 bits per heavy atom. The second-order valence-corrected chi connectivity index (χ2v) is 6.19. The molecule has 0 aromatic carbocycles. The van der Waals surface area contributed by atoms with E-state index in [0.29, 0.717) is 5.92 Å². The molecule has 0 aliphatic rings. The Morgan fingerprint density at radius 1 is 0.800 bits per heavy atom. The Labute approximate surface area is 148 Å². The van der Waals surface area contributed by atoms with Crippen LogP contribution >= 0.6 is 0 Å². The third-order valence-corrected chi connectivity index (χ3v) is 4.05. The van der Waals surface area contributed by atoms with Crippen LogP contribution in [0, 0.1) is 0 Å². The topological polar surface area (TPSA) is 51.6 Å². The number of fused-ring (bicyclic) bond motifs is 2. The van der Waals surface area contributed by atoms with Crippen LogP contribution in [0.1, 0.15) is 37.9 Å². The van der Waals surface area contributed by atoms with Gasteiger partial charge >= 0.3 is 0 Å². The highest BCUT2D eigenvalue weighted by Crippen LogP contribution is 2.17. The molecule has 0 bridgehead atoms. The quantitative estimate of drug-likeness (QED) is 0.522. The average Bonchev–Trinajstić information content (AvgIpc) is 2.67. The zero-order valence-electron chi connectivity index (χ0n) is 14.8. The second-order valence-electron chi connectivity index (χ2n) is 6.19. The van der Waals surface area contributed by atoms with Crippen LogP contribution in [-0.2, 0) is 6.42 Å². The molecule has 0 fully saturated rings. The van der Waals surface area contributed by atoms with Crippen molar-refractivity contribution in [2.75, 3.05) is 0 Å². The molecule has 126 valence electrons. The van der Waals surface area contributed by atoms with E-state index >= 15 is 0 Å². The lowest BCUT2D eigenvalue weighted by atomic mass is 10.1. The van der Waals surface area contributed by atoms with Gasteiger partial charge in [0.15, 0.2) is 0 Å². The van der Waals surface area contributed by atoms with E-state index in [4.69, 9.17) is 0 Å². The number of hydrogen-bond donors (Lipinski definition) is 0. The minimum absolute atomic E-state index is 0.513. The molecule has 0 N–H and O–H groups in total. The van der Waals surface area contributed by atoms with Crippen molar-refractivity contribution < 1.29 is 0 Å². The van der Waals surface area contributed by atoms with Gasteiger partial charge in [0.05, 0.1) is 16.6 Å². The summed E-state index contributed by atoms with van der Waals surface area (Å²) in [5.41, 5.74) is 5.32. The highest BCUT2D eigenvalue weighted by atomic mass is 14.7. The largest absolute Gasteiger partial charge is 0.261 e. The standard InChI is InChI=1S/C11H12N2.C10H10N2/c1-8(2)9-6-11-10(13-7-9)4-3-5-12-11;1-2-9-6-10-8(7-12-9)4-3-5-11-10/h3-8H,1-2H3;3-7H,2H2,1H3. The van der Waals surface area contributed by atoms with Gasteiger partial charge in [0.1, 0.15) is 0 Å². The Hall–Kier alpha value is -2.88. The Kier molecular flexibility index (Phi) is 5.29. The molecular formula is C21H22N4. The molecule has 4 heteroatoms. The molecule has 0 unspecified atom stereocenters. The van der Waals surface area contributed by atoms with Crippen molar-refractivity contribution in [3.8, 4) is 0 Å². The van der Waals surface area contributed by atoms with E-state index in [1.54, 1.807) is 6.20 Å². The zero-order valence-corrected chi connectivity index (χ0v) is 14.8. The molecule has 0 atom stereocenters. The average molecular weight is 330 g/mol. The summed E-state index contributed by atoms with van der Waals surface area (Å²) in [6, 6.07) is 12.0. The fraction of sp³-hybridized carbons (Fsp3) is 0.238. The lowest BCUT2D eigenvalue weighted by Gasteiger charge is -2.04. The molecular weight excluding hydrogens is 308 g/mol. The van der Waals surface area contributed by atoms with Gasteiger partial charge in [0, 0.05) is 35.9 Å². The molecule has 0 saturated carbocycles. The highest BCUT2D eigenvalue weighted by Gasteiger charge is 2.01. The smallest absolute Gasteiger partial charge is 0.0889 e. The second kappa shape index (κ2) is 7.79. The van der Waals surface area contributed by atoms with Crippen molar-refractivity contribution >= 4 is 21.9 Å². The number of aryl methyl sites for hydroxylation is 1.